The summed E-state index contributed by atoms with van der Waals surface area (Å²) in [5.41, 5.74) is -1.16. The lowest BCUT2D eigenvalue weighted by molar-refractivity contribution is -0.918. The van der Waals surface area contributed by atoms with Gasteiger partial charge in [-0.25, -0.2) is 9.59 Å². The molecule has 1 heterocycles. The van der Waals surface area contributed by atoms with E-state index in [9.17, 15) is 9.59 Å². The van der Waals surface area contributed by atoms with Gasteiger partial charge in [-0.1, -0.05) is 194 Å². The third-order valence-corrected chi connectivity index (χ3v) is 12.0. The molecule has 2 N–H and O–H groups in total. The van der Waals surface area contributed by atoms with Crippen molar-refractivity contribution < 1.29 is 36.0 Å². The molecule has 0 aromatic rings. The SMILES string of the molecule is CCCCCCCCCCCCCCCCCC[N+]1(CCCCCCCCCCCCCCCCCC)C[C@H](NC(=O)OC(C)(C)C)[C@@H](NC(=O)OC(C)(C)C)C1.[Cl-]. The van der Waals surface area contributed by atoms with Gasteiger partial charge in [0.2, 0.25) is 0 Å². The van der Waals surface area contributed by atoms with Crippen LogP contribution in [0, 0.1) is 0 Å². The molecule has 0 unspecified atom stereocenters. The number of hydrogen-bond acceptors (Lipinski definition) is 4. The number of rotatable bonds is 36. The minimum atomic E-state index is -0.580. The number of likely N-dealkylation sites (tertiary alicyclic amines) is 1. The zero-order valence-electron chi connectivity index (χ0n) is 40.1. The number of nitrogens with one attached hydrogen (secondary N) is 2. The highest BCUT2D eigenvalue weighted by Gasteiger charge is 2.47. The van der Waals surface area contributed by atoms with E-state index in [4.69, 9.17) is 9.47 Å². The van der Waals surface area contributed by atoms with Crippen molar-refractivity contribution in [3.8, 4) is 0 Å². The molecule has 0 aliphatic carbocycles. The van der Waals surface area contributed by atoms with Gasteiger partial charge < -0.3 is 37.0 Å². The molecule has 2 atom stereocenters. The zero-order chi connectivity index (χ0) is 42.1. The van der Waals surface area contributed by atoms with Crippen molar-refractivity contribution in [2.45, 2.75) is 284 Å². The Morgan fingerprint density at radius 3 is 0.828 bits per heavy atom. The van der Waals surface area contributed by atoms with Crippen molar-refractivity contribution in [3.63, 3.8) is 0 Å². The van der Waals surface area contributed by atoms with E-state index in [1.54, 1.807) is 0 Å². The molecule has 0 spiro atoms. The number of carbonyl (C=O) groups is 2. The summed E-state index contributed by atoms with van der Waals surface area (Å²) in [6.07, 6.45) is 43.0. The summed E-state index contributed by atoms with van der Waals surface area (Å²) in [5, 5.41) is 6.35. The van der Waals surface area contributed by atoms with Crippen molar-refractivity contribution in [2.75, 3.05) is 26.2 Å². The molecule has 1 aliphatic rings. The van der Waals surface area contributed by atoms with Crippen molar-refractivity contribution in [1.29, 1.82) is 0 Å². The highest BCUT2D eigenvalue weighted by atomic mass is 35.5. The normalized spacial score (nSPS) is 16.6. The van der Waals surface area contributed by atoms with Crippen LogP contribution >= 0.6 is 0 Å². The number of hydrogen-bond donors (Lipinski definition) is 2. The van der Waals surface area contributed by atoms with Gasteiger partial charge in [0.25, 0.3) is 0 Å². The minimum Gasteiger partial charge on any atom is -1.00 e. The van der Waals surface area contributed by atoms with E-state index in [-0.39, 0.29) is 24.5 Å². The Bertz CT molecular complexity index is 889. The number of halogens is 1. The smallest absolute Gasteiger partial charge is 0.408 e. The Hall–Kier alpha value is -1.21. The van der Waals surface area contributed by atoms with Crippen LogP contribution in [0.2, 0.25) is 0 Å². The average molecular weight is 843 g/mol. The first-order valence-corrected chi connectivity index (χ1v) is 25.1. The summed E-state index contributed by atoms with van der Waals surface area (Å²) >= 11 is 0. The van der Waals surface area contributed by atoms with Gasteiger partial charge in [-0.2, -0.15) is 0 Å². The van der Waals surface area contributed by atoms with Crippen LogP contribution in [0.25, 0.3) is 0 Å². The third-order valence-electron chi connectivity index (χ3n) is 12.0. The number of nitrogens with zero attached hydrogens (tertiary/aromatic N) is 1. The molecule has 1 aliphatic heterocycles. The molecule has 7 nitrogen and oxygen atoms in total. The fraction of sp³-hybridized carbons (Fsp3) is 0.960. The Morgan fingerprint density at radius 1 is 0.414 bits per heavy atom. The Balaban J connectivity index is 0.0000325. The summed E-state index contributed by atoms with van der Waals surface area (Å²) < 4.78 is 12.3. The summed E-state index contributed by atoms with van der Waals surface area (Å²) in [4.78, 5) is 26.1. The van der Waals surface area contributed by atoms with Crippen molar-refractivity contribution in [2.24, 2.45) is 0 Å². The number of amides is 2. The molecule has 0 aromatic heterocycles. The highest BCUT2D eigenvalue weighted by molar-refractivity contribution is 5.70. The zero-order valence-corrected chi connectivity index (χ0v) is 40.8. The number of unbranched alkanes of at least 4 members (excludes halogenated alkanes) is 30. The van der Waals surface area contributed by atoms with E-state index in [1.807, 2.05) is 41.5 Å². The van der Waals surface area contributed by atoms with E-state index in [0.717, 1.165) is 30.7 Å². The topological polar surface area (TPSA) is 76.7 Å². The van der Waals surface area contributed by atoms with Crippen molar-refractivity contribution in [1.82, 2.24) is 10.6 Å². The number of alkyl carbamates (subject to hydrolysis) is 2. The molecule has 346 valence electrons. The van der Waals surface area contributed by atoms with Crippen LogP contribution in [0.5, 0.6) is 0 Å². The van der Waals surface area contributed by atoms with Crippen LogP contribution in [0.1, 0.15) is 261 Å². The lowest BCUT2D eigenvalue weighted by Gasteiger charge is -2.35. The van der Waals surface area contributed by atoms with Gasteiger partial charge in [-0.05, 0) is 67.2 Å². The average Bonchev–Trinajstić information content (AvgIpc) is 3.45. The van der Waals surface area contributed by atoms with Crippen LogP contribution in [-0.2, 0) is 9.47 Å². The standard InChI is InChI=1S/C50H99N3O4.ClH/c1-9-11-13-15-17-19-21-23-25-27-29-31-33-35-37-39-41-53(42-40-38-36-34-32-30-28-26-24-22-20-18-16-14-12-10-2)43-45(51-47(54)56-49(3,4)5)46(44-53)52-48(55)57-50(6,7)8;/h45-46H,9-44H2,1-8H3,(H-,51,52,54,55);1H/t45-,46-;/m0./s1. The van der Waals surface area contributed by atoms with Crippen molar-refractivity contribution in [3.05, 3.63) is 0 Å². The molecule has 1 fully saturated rings. The van der Waals surface area contributed by atoms with E-state index >= 15 is 0 Å². The Morgan fingerprint density at radius 2 is 0.621 bits per heavy atom. The Kier molecular flexibility index (Phi) is 34.7. The van der Waals surface area contributed by atoms with Gasteiger partial charge in [0.05, 0.1) is 13.1 Å². The second kappa shape index (κ2) is 35.4. The molecule has 1 saturated heterocycles. The second-order valence-corrected chi connectivity index (χ2v) is 20.3. The van der Waals surface area contributed by atoms with E-state index in [0.29, 0.717) is 0 Å². The van der Waals surface area contributed by atoms with Gasteiger partial charge in [-0.3, -0.25) is 0 Å². The summed E-state index contributed by atoms with van der Waals surface area (Å²) in [6, 6.07) is -0.399. The lowest BCUT2D eigenvalue weighted by atomic mass is 10.0. The molecule has 8 heteroatoms. The predicted molar refractivity (Wildman–Crippen MR) is 245 cm³/mol. The molecule has 58 heavy (non-hydrogen) atoms. The lowest BCUT2D eigenvalue weighted by Crippen LogP contribution is -3.00. The molecule has 2 amide bonds. The first-order valence-electron chi connectivity index (χ1n) is 25.1. The first-order chi connectivity index (χ1) is 27.3. The van der Waals surface area contributed by atoms with Gasteiger partial charge in [0.15, 0.2) is 0 Å². The minimum absolute atomic E-state index is 0. The van der Waals surface area contributed by atoms with Crippen LogP contribution in [0.15, 0.2) is 0 Å². The molecule has 0 saturated carbocycles. The maximum Gasteiger partial charge on any atom is 0.408 e. The summed E-state index contributed by atoms with van der Waals surface area (Å²) in [5.74, 6) is 0. The monoisotopic (exact) mass is 842 g/mol. The molecular weight excluding hydrogens is 742 g/mol. The summed E-state index contributed by atoms with van der Waals surface area (Å²) in [7, 11) is 0. The fourth-order valence-corrected chi connectivity index (χ4v) is 8.84. The van der Waals surface area contributed by atoms with E-state index in [2.05, 4.69) is 24.5 Å². The van der Waals surface area contributed by atoms with Gasteiger partial charge in [0.1, 0.15) is 36.4 Å². The van der Waals surface area contributed by atoms with Crippen LogP contribution < -0.4 is 23.0 Å². The first kappa shape index (κ1) is 56.8. The number of quaternary nitrogens is 1. The third kappa shape index (κ3) is 33.5. The van der Waals surface area contributed by atoms with Crippen LogP contribution in [0.4, 0.5) is 9.59 Å². The molecular formula is C50H100ClN3O4. The molecule has 0 aromatic carbocycles. The van der Waals surface area contributed by atoms with Crippen molar-refractivity contribution >= 4 is 12.2 Å². The fourth-order valence-electron chi connectivity index (χ4n) is 8.84. The largest absolute Gasteiger partial charge is 1.00 e. The maximum absolute atomic E-state index is 13.0. The van der Waals surface area contributed by atoms with Gasteiger partial charge in [-0.15, -0.1) is 0 Å². The predicted octanol–water partition coefficient (Wildman–Crippen LogP) is 12.1. The van der Waals surface area contributed by atoms with Gasteiger partial charge >= 0.3 is 12.2 Å². The number of ether oxygens (including phenoxy) is 2. The second-order valence-electron chi connectivity index (χ2n) is 20.3. The highest BCUT2D eigenvalue weighted by Crippen LogP contribution is 2.26. The van der Waals surface area contributed by atoms with E-state index in [1.165, 1.54) is 205 Å². The van der Waals surface area contributed by atoms with E-state index < -0.39 is 23.4 Å². The maximum atomic E-state index is 13.0. The van der Waals surface area contributed by atoms with Crippen LogP contribution in [-0.4, -0.2) is 66.1 Å². The molecule has 0 radical (unpaired) electrons. The van der Waals surface area contributed by atoms with Crippen LogP contribution in [0.3, 0.4) is 0 Å². The van der Waals surface area contributed by atoms with Gasteiger partial charge in [0, 0.05) is 0 Å². The molecule has 0 bridgehead atoms. The quantitative estimate of drug-likeness (QED) is 0.0487. The summed E-state index contributed by atoms with van der Waals surface area (Å²) in [6.45, 7) is 19.8. The molecule has 1 rings (SSSR count). The number of carbonyl (C=O) groups excluding carboxylic acids is 2. The Labute approximate surface area is 367 Å².